The van der Waals surface area contributed by atoms with Gasteiger partial charge < -0.3 is 20.1 Å². The molecule has 0 saturated heterocycles. The quantitative estimate of drug-likeness (QED) is 0.432. The summed E-state index contributed by atoms with van der Waals surface area (Å²) in [5.41, 5.74) is 3.01. The fourth-order valence-corrected chi connectivity index (χ4v) is 2.79. The largest absolute Gasteiger partial charge is 0.513 e. The molecule has 0 heterocycles. The number of rotatable bonds is 6. The van der Waals surface area contributed by atoms with Crippen LogP contribution in [0.15, 0.2) is 72.8 Å². The third kappa shape index (κ3) is 6.17. The zero-order valence-corrected chi connectivity index (χ0v) is 17.2. The number of carbonyl (C=O) groups is 3. The molecule has 0 spiro atoms. The van der Waals surface area contributed by atoms with Gasteiger partial charge in [0.25, 0.3) is 11.8 Å². The molecule has 158 valence electrons. The summed E-state index contributed by atoms with van der Waals surface area (Å²) in [4.78, 5) is 36.3. The molecule has 7 heteroatoms. The summed E-state index contributed by atoms with van der Waals surface area (Å²) in [5.74, 6) is -0.301. The Hall–Kier alpha value is -4.13. The minimum atomic E-state index is -0.802. The molecule has 3 aromatic carbocycles. The van der Waals surface area contributed by atoms with Gasteiger partial charge in [0, 0.05) is 22.5 Å². The molecule has 0 aliphatic heterocycles. The maximum absolute atomic E-state index is 12.5. The molecule has 0 aliphatic rings. The van der Waals surface area contributed by atoms with E-state index < -0.39 is 6.16 Å². The molecule has 0 saturated carbocycles. The Labute approximate surface area is 180 Å². The first kappa shape index (κ1) is 21.6. The monoisotopic (exact) mass is 418 g/mol. The number of benzene rings is 3. The zero-order valence-electron chi connectivity index (χ0n) is 17.2. The van der Waals surface area contributed by atoms with Crippen LogP contribution in [0.4, 0.5) is 16.2 Å². The van der Waals surface area contributed by atoms with Gasteiger partial charge in [0.2, 0.25) is 0 Å². The van der Waals surface area contributed by atoms with Crippen LogP contribution >= 0.6 is 0 Å². The number of aryl methyl sites for hydroxylation is 1. The molecule has 31 heavy (non-hydrogen) atoms. The van der Waals surface area contributed by atoms with Crippen molar-refractivity contribution in [1.82, 2.24) is 0 Å². The summed E-state index contributed by atoms with van der Waals surface area (Å²) in [5, 5.41) is 5.60. The van der Waals surface area contributed by atoms with Gasteiger partial charge in [-0.3, -0.25) is 9.59 Å². The molecule has 7 nitrogen and oxygen atoms in total. The van der Waals surface area contributed by atoms with Gasteiger partial charge in [-0.2, -0.15) is 0 Å². The van der Waals surface area contributed by atoms with Crippen LogP contribution in [0.3, 0.4) is 0 Å². The average Bonchev–Trinajstić information content (AvgIpc) is 2.74. The van der Waals surface area contributed by atoms with Crippen LogP contribution in [0.25, 0.3) is 0 Å². The lowest BCUT2D eigenvalue weighted by Crippen LogP contribution is -2.14. The first-order chi connectivity index (χ1) is 14.9. The van der Waals surface area contributed by atoms with Crippen molar-refractivity contribution >= 4 is 29.3 Å². The van der Waals surface area contributed by atoms with Gasteiger partial charge >= 0.3 is 6.16 Å². The molecule has 0 unspecified atom stereocenters. The van der Waals surface area contributed by atoms with Gasteiger partial charge in [-0.05, 0) is 68.4 Å². The fourth-order valence-electron chi connectivity index (χ4n) is 2.79. The minimum absolute atomic E-state index is 0.212. The Morgan fingerprint density at radius 2 is 1.39 bits per heavy atom. The van der Waals surface area contributed by atoms with Gasteiger partial charge in [0.1, 0.15) is 5.75 Å². The molecule has 0 aliphatic carbocycles. The molecule has 0 atom stereocenters. The second-order valence-electron chi connectivity index (χ2n) is 6.67. The molecule has 0 radical (unpaired) electrons. The molecule has 0 fully saturated rings. The molecular formula is C24H22N2O5. The van der Waals surface area contributed by atoms with Crippen LogP contribution in [0.5, 0.6) is 5.75 Å². The summed E-state index contributed by atoms with van der Waals surface area (Å²) in [6, 6.07) is 20.2. The van der Waals surface area contributed by atoms with E-state index in [1.807, 2.05) is 19.1 Å². The number of amides is 2. The predicted molar refractivity (Wildman–Crippen MR) is 118 cm³/mol. The van der Waals surface area contributed by atoms with E-state index in [0.717, 1.165) is 5.56 Å². The second kappa shape index (κ2) is 10.1. The number of carbonyl (C=O) groups excluding carboxylic acids is 3. The molecule has 2 amide bonds. The van der Waals surface area contributed by atoms with Gasteiger partial charge in [0.15, 0.2) is 0 Å². The van der Waals surface area contributed by atoms with E-state index in [2.05, 4.69) is 10.6 Å². The molecule has 0 aromatic heterocycles. The standard InChI is InChI=1S/C24H22N2O5/c1-3-30-24(29)31-21-12-10-17(11-13-21)22(27)25-19-8-5-9-20(15-19)26-23(28)18-7-4-6-16(2)14-18/h4-15H,3H2,1-2H3,(H,25,27)(H,26,28). The van der Waals surface area contributed by atoms with E-state index in [4.69, 9.17) is 9.47 Å². The van der Waals surface area contributed by atoms with Gasteiger partial charge in [0.05, 0.1) is 6.61 Å². The Morgan fingerprint density at radius 3 is 2.00 bits per heavy atom. The molecular weight excluding hydrogens is 396 g/mol. The molecule has 2 N–H and O–H groups in total. The highest BCUT2D eigenvalue weighted by molar-refractivity contribution is 6.06. The number of hydrogen-bond acceptors (Lipinski definition) is 5. The van der Waals surface area contributed by atoms with E-state index in [-0.39, 0.29) is 24.2 Å². The van der Waals surface area contributed by atoms with E-state index in [9.17, 15) is 14.4 Å². The summed E-state index contributed by atoms with van der Waals surface area (Å²) in [6.07, 6.45) is -0.802. The van der Waals surface area contributed by atoms with Gasteiger partial charge in [-0.1, -0.05) is 23.8 Å². The highest BCUT2D eigenvalue weighted by atomic mass is 16.7. The smallest absolute Gasteiger partial charge is 0.434 e. The minimum Gasteiger partial charge on any atom is -0.434 e. The van der Waals surface area contributed by atoms with Gasteiger partial charge in [-0.25, -0.2) is 4.79 Å². The number of anilines is 2. The molecule has 3 aromatic rings. The third-order valence-electron chi connectivity index (χ3n) is 4.24. The summed E-state index contributed by atoms with van der Waals surface area (Å²) < 4.78 is 9.68. The van der Waals surface area contributed by atoms with Crippen LogP contribution < -0.4 is 15.4 Å². The number of nitrogens with one attached hydrogen (secondary N) is 2. The SMILES string of the molecule is CCOC(=O)Oc1ccc(C(=O)Nc2cccc(NC(=O)c3cccc(C)c3)c2)cc1. The van der Waals surface area contributed by atoms with Crippen molar-refractivity contribution in [1.29, 1.82) is 0 Å². The second-order valence-corrected chi connectivity index (χ2v) is 6.67. The van der Waals surface area contributed by atoms with Crippen molar-refractivity contribution in [2.24, 2.45) is 0 Å². The maximum atomic E-state index is 12.5. The Kier molecular flexibility index (Phi) is 7.01. The highest BCUT2D eigenvalue weighted by Gasteiger charge is 2.10. The van der Waals surface area contributed by atoms with Crippen LogP contribution in [-0.4, -0.2) is 24.6 Å². The van der Waals surface area contributed by atoms with Crippen molar-refractivity contribution in [3.05, 3.63) is 89.5 Å². The van der Waals surface area contributed by atoms with Crippen LogP contribution in [0, 0.1) is 6.92 Å². The summed E-state index contributed by atoms with van der Waals surface area (Å²) in [6.45, 7) is 3.81. The summed E-state index contributed by atoms with van der Waals surface area (Å²) >= 11 is 0. The van der Waals surface area contributed by atoms with Crippen LogP contribution in [0.1, 0.15) is 33.2 Å². The maximum Gasteiger partial charge on any atom is 0.513 e. The Balaban J connectivity index is 1.63. The van der Waals surface area contributed by atoms with E-state index in [1.54, 1.807) is 43.3 Å². The Bertz CT molecular complexity index is 1090. The normalized spacial score (nSPS) is 10.1. The third-order valence-corrected chi connectivity index (χ3v) is 4.24. The molecule has 3 rings (SSSR count). The lowest BCUT2D eigenvalue weighted by atomic mass is 10.1. The van der Waals surface area contributed by atoms with Crippen molar-refractivity contribution in [3.8, 4) is 5.75 Å². The van der Waals surface area contributed by atoms with E-state index in [0.29, 0.717) is 22.5 Å². The Morgan fingerprint density at radius 1 is 0.774 bits per heavy atom. The van der Waals surface area contributed by atoms with Crippen molar-refractivity contribution < 1.29 is 23.9 Å². The van der Waals surface area contributed by atoms with Gasteiger partial charge in [-0.15, -0.1) is 0 Å². The fraction of sp³-hybridized carbons (Fsp3) is 0.125. The first-order valence-corrected chi connectivity index (χ1v) is 9.68. The molecule has 0 bridgehead atoms. The van der Waals surface area contributed by atoms with E-state index in [1.165, 1.54) is 24.3 Å². The lowest BCUT2D eigenvalue weighted by Gasteiger charge is -2.10. The van der Waals surface area contributed by atoms with Crippen LogP contribution in [0.2, 0.25) is 0 Å². The van der Waals surface area contributed by atoms with E-state index >= 15 is 0 Å². The summed E-state index contributed by atoms with van der Waals surface area (Å²) in [7, 11) is 0. The van der Waals surface area contributed by atoms with Crippen LogP contribution in [-0.2, 0) is 4.74 Å². The number of ether oxygens (including phenoxy) is 2. The average molecular weight is 418 g/mol. The highest BCUT2D eigenvalue weighted by Crippen LogP contribution is 2.19. The predicted octanol–water partition coefficient (Wildman–Crippen LogP) is 5.03. The van der Waals surface area contributed by atoms with Crippen molar-refractivity contribution in [2.45, 2.75) is 13.8 Å². The lowest BCUT2D eigenvalue weighted by molar-refractivity contribution is 0.101. The zero-order chi connectivity index (χ0) is 22.2. The number of hydrogen-bond donors (Lipinski definition) is 2. The first-order valence-electron chi connectivity index (χ1n) is 9.68. The topological polar surface area (TPSA) is 93.7 Å². The van der Waals surface area contributed by atoms with Crippen molar-refractivity contribution in [3.63, 3.8) is 0 Å². The van der Waals surface area contributed by atoms with Crippen molar-refractivity contribution in [2.75, 3.05) is 17.2 Å².